The standard InChI is InChI=1S/C15H21FN2O4/c1-10(19)14(17)5-2-11(15(20)21)8-12-3-4-13(9-18-12)22-7-6-16/h3-4,9,11,14H,2,5-8,17H2,1H3,(H,20,21)/t11?,14-/m0/s1/i16-1. The van der Waals surface area contributed by atoms with Gasteiger partial charge in [0.15, 0.2) is 0 Å². The van der Waals surface area contributed by atoms with Gasteiger partial charge in [-0.15, -0.1) is 0 Å². The molecule has 0 amide bonds. The van der Waals surface area contributed by atoms with E-state index in [-0.39, 0.29) is 18.8 Å². The predicted octanol–water partition coefficient (Wildman–Crippen LogP) is 1.37. The SMILES string of the molecule is CC(=O)[C@@H](N)CCC(Cc1ccc(OCC[18F])cn1)C(=O)O. The molecular formula is C15H21FN2O4. The van der Waals surface area contributed by atoms with Crippen LogP contribution in [0.3, 0.4) is 0 Å². The fourth-order valence-electron chi connectivity index (χ4n) is 1.92. The fourth-order valence-corrected chi connectivity index (χ4v) is 1.92. The average Bonchev–Trinajstić information content (AvgIpc) is 2.49. The van der Waals surface area contributed by atoms with Gasteiger partial charge in [0, 0.05) is 12.1 Å². The summed E-state index contributed by atoms with van der Waals surface area (Å²) >= 11 is 0. The summed E-state index contributed by atoms with van der Waals surface area (Å²) in [6.07, 6.45) is 2.30. The second-order valence-corrected chi connectivity index (χ2v) is 5.06. The number of carbonyl (C=O) groups is 2. The molecule has 1 heterocycles. The van der Waals surface area contributed by atoms with Crippen molar-refractivity contribution in [3.05, 3.63) is 24.0 Å². The number of pyridine rings is 1. The van der Waals surface area contributed by atoms with E-state index in [0.29, 0.717) is 24.3 Å². The summed E-state index contributed by atoms with van der Waals surface area (Å²) in [5, 5.41) is 9.24. The molecule has 2 atom stereocenters. The van der Waals surface area contributed by atoms with Gasteiger partial charge in [-0.1, -0.05) is 0 Å². The van der Waals surface area contributed by atoms with E-state index >= 15 is 0 Å². The number of halogens is 1. The van der Waals surface area contributed by atoms with Crippen LogP contribution in [0.15, 0.2) is 18.3 Å². The highest BCUT2D eigenvalue weighted by molar-refractivity contribution is 5.81. The molecule has 0 aromatic carbocycles. The van der Waals surface area contributed by atoms with Crippen LogP contribution in [-0.2, 0) is 16.0 Å². The van der Waals surface area contributed by atoms with Gasteiger partial charge in [0.1, 0.15) is 24.8 Å². The van der Waals surface area contributed by atoms with Crippen LogP contribution in [0.2, 0.25) is 0 Å². The average molecular weight is 311 g/mol. The van der Waals surface area contributed by atoms with Gasteiger partial charge in [-0.2, -0.15) is 0 Å². The summed E-state index contributed by atoms with van der Waals surface area (Å²) in [6.45, 7) is 0.763. The maximum Gasteiger partial charge on any atom is 0.306 e. The first-order valence-electron chi connectivity index (χ1n) is 7.06. The lowest BCUT2D eigenvalue weighted by atomic mass is 9.94. The van der Waals surface area contributed by atoms with E-state index in [1.807, 2.05) is 0 Å². The lowest BCUT2D eigenvalue weighted by molar-refractivity contribution is -0.142. The zero-order valence-corrected chi connectivity index (χ0v) is 12.5. The number of nitrogens with two attached hydrogens (primary N) is 1. The second kappa shape index (κ2) is 9.09. The summed E-state index contributed by atoms with van der Waals surface area (Å²) in [7, 11) is 0. The van der Waals surface area contributed by atoms with Crippen LogP contribution in [-0.4, -0.2) is 41.2 Å². The van der Waals surface area contributed by atoms with Crippen LogP contribution in [0, 0.1) is 5.92 Å². The number of nitrogens with zero attached hydrogens (tertiary/aromatic N) is 1. The smallest absolute Gasteiger partial charge is 0.306 e. The number of Topliss-reactive ketones (excluding diaryl/α,β-unsaturated/α-hetero) is 1. The minimum atomic E-state index is -0.949. The molecule has 1 aromatic rings. The van der Waals surface area contributed by atoms with Crippen molar-refractivity contribution in [1.29, 1.82) is 0 Å². The zero-order valence-electron chi connectivity index (χ0n) is 12.5. The summed E-state index contributed by atoms with van der Waals surface area (Å²) in [5.41, 5.74) is 6.21. The first-order valence-corrected chi connectivity index (χ1v) is 7.06. The molecule has 122 valence electrons. The molecule has 0 aliphatic rings. The third kappa shape index (κ3) is 6.17. The highest BCUT2D eigenvalue weighted by atomic mass is 18.2. The quantitative estimate of drug-likeness (QED) is 0.676. The van der Waals surface area contributed by atoms with Crippen molar-refractivity contribution in [2.75, 3.05) is 13.3 Å². The van der Waals surface area contributed by atoms with E-state index in [9.17, 15) is 19.1 Å². The van der Waals surface area contributed by atoms with Crippen LogP contribution >= 0.6 is 0 Å². The third-order valence-electron chi connectivity index (χ3n) is 3.30. The van der Waals surface area contributed by atoms with Crippen LogP contribution in [0.4, 0.5) is 4.39 Å². The molecule has 0 radical (unpaired) electrons. The van der Waals surface area contributed by atoms with Gasteiger partial charge in [-0.05, 0) is 31.9 Å². The Hall–Kier alpha value is -2.02. The van der Waals surface area contributed by atoms with Crippen LogP contribution in [0.5, 0.6) is 5.75 Å². The normalized spacial score (nSPS) is 13.4. The molecule has 1 unspecified atom stereocenters. The maximum atomic E-state index is 12.0. The Morgan fingerprint density at radius 2 is 2.14 bits per heavy atom. The van der Waals surface area contributed by atoms with Crippen LogP contribution in [0.25, 0.3) is 0 Å². The third-order valence-corrected chi connectivity index (χ3v) is 3.30. The minimum Gasteiger partial charge on any atom is -0.489 e. The molecule has 22 heavy (non-hydrogen) atoms. The van der Waals surface area contributed by atoms with Gasteiger partial charge in [-0.25, -0.2) is 4.39 Å². The molecule has 0 aliphatic heterocycles. The largest absolute Gasteiger partial charge is 0.489 e. The maximum absolute atomic E-state index is 12.0. The van der Waals surface area contributed by atoms with Crippen molar-refractivity contribution < 1.29 is 23.8 Å². The number of carbonyl (C=O) groups excluding carboxylic acids is 1. The Morgan fingerprint density at radius 1 is 1.41 bits per heavy atom. The molecule has 1 rings (SSSR count). The molecular weight excluding hydrogens is 290 g/mol. The molecule has 0 saturated carbocycles. The number of carboxylic acids is 1. The van der Waals surface area contributed by atoms with Crippen LogP contribution < -0.4 is 10.5 Å². The molecule has 0 saturated heterocycles. The minimum absolute atomic E-state index is 0.0400. The van der Waals surface area contributed by atoms with E-state index < -0.39 is 24.6 Å². The van der Waals surface area contributed by atoms with Crippen molar-refractivity contribution in [2.24, 2.45) is 11.7 Å². The fraction of sp³-hybridized carbons (Fsp3) is 0.533. The monoisotopic (exact) mass is 311 g/mol. The molecule has 0 aliphatic carbocycles. The van der Waals surface area contributed by atoms with Crippen molar-refractivity contribution in [1.82, 2.24) is 4.98 Å². The number of ether oxygens (including phenoxy) is 1. The molecule has 7 heteroatoms. The summed E-state index contributed by atoms with van der Waals surface area (Å²) in [6, 6.07) is 2.64. The van der Waals surface area contributed by atoms with Gasteiger partial charge < -0.3 is 15.6 Å². The molecule has 6 nitrogen and oxygen atoms in total. The molecule has 0 fully saturated rings. The van der Waals surface area contributed by atoms with E-state index in [4.69, 9.17) is 10.5 Å². The number of hydrogen-bond acceptors (Lipinski definition) is 5. The van der Waals surface area contributed by atoms with Gasteiger partial charge in [0.2, 0.25) is 0 Å². The van der Waals surface area contributed by atoms with Crippen molar-refractivity contribution in [2.45, 2.75) is 32.2 Å². The Labute approximate surface area is 128 Å². The van der Waals surface area contributed by atoms with Crippen LogP contribution in [0.1, 0.15) is 25.5 Å². The number of rotatable bonds is 10. The topological polar surface area (TPSA) is 103 Å². The predicted molar refractivity (Wildman–Crippen MR) is 78.4 cm³/mol. The van der Waals surface area contributed by atoms with E-state index in [1.54, 1.807) is 12.1 Å². The first-order chi connectivity index (χ1) is 10.4. The van der Waals surface area contributed by atoms with Crippen molar-refractivity contribution in [3.8, 4) is 5.75 Å². The number of aromatic nitrogens is 1. The number of carboxylic acid groups (broad SMARTS) is 1. The van der Waals surface area contributed by atoms with Crippen molar-refractivity contribution >= 4 is 11.8 Å². The molecule has 0 bridgehead atoms. The lowest BCUT2D eigenvalue weighted by Crippen LogP contribution is -2.30. The molecule has 3 N–H and O–H groups in total. The van der Waals surface area contributed by atoms with Gasteiger partial charge in [0.25, 0.3) is 0 Å². The van der Waals surface area contributed by atoms with E-state index in [2.05, 4.69) is 4.98 Å². The van der Waals surface area contributed by atoms with E-state index in [1.165, 1.54) is 13.1 Å². The zero-order chi connectivity index (χ0) is 16.5. The number of ketones is 1. The Bertz CT molecular complexity index is 493. The van der Waals surface area contributed by atoms with Gasteiger partial charge in [-0.3, -0.25) is 14.6 Å². The molecule has 0 spiro atoms. The summed E-state index contributed by atoms with van der Waals surface area (Å²) in [5.74, 6) is -1.32. The highest BCUT2D eigenvalue weighted by Crippen LogP contribution is 2.17. The Morgan fingerprint density at radius 3 is 2.64 bits per heavy atom. The lowest BCUT2D eigenvalue weighted by Gasteiger charge is -2.14. The number of hydrogen-bond donors (Lipinski definition) is 2. The Kier molecular flexibility index (Phi) is 7.45. The highest BCUT2D eigenvalue weighted by Gasteiger charge is 2.21. The summed E-state index contributed by atoms with van der Waals surface area (Å²) < 4.78 is 17.0. The summed E-state index contributed by atoms with van der Waals surface area (Å²) in [4.78, 5) is 26.5. The van der Waals surface area contributed by atoms with Gasteiger partial charge >= 0.3 is 5.97 Å². The second-order valence-electron chi connectivity index (χ2n) is 5.06. The number of alkyl halides is 1. The van der Waals surface area contributed by atoms with E-state index in [0.717, 1.165) is 0 Å². The first kappa shape index (κ1) is 18.0. The van der Waals surface area contributed by atoms with Crippen molar-refractivity contribution in [3.63, 3.8) is 0 Å². The molecule has 1 aromatic heterocycles. The number of aliphatic carboxylic acids is 1. The Balaban J connectivity index is 2.59. The van der Waals surface area contributed by atoms with Gasteiger partial charge in [0.05, 0.1) is 18.2 Å².